The number of rotatable bonds is 58. The number of amides is 2. The van der Waals surface area contributed by atoms with Crippen molar-refractivity contribution in [3.8, 4) is 0 Å². The summed E-state index contributed by atoms with van der Waals surface area (Å²) in [4.78, 5) is 34.1. The molecule has 1 unspecified atom stereocenters. The highest BCUT2D eigenvalue weighted by Gasteiger charge is 2.42. The Morgan fingerprint density at radius 3 is 0.901 bits per heavy atom. The molecular formula is C65H128ClN3O2. The summed E-state index contributed by atoms with van der Waals surface area (Å²) in [5, 5.41) is 0. The molecule has 0 aliphatic carbocycles. The summed E-state index contributed by atoms with van der Waals surface area (Å²) in [6.45, 7) is 15.6. The van der Waals surface area contributed by atoms with Gasteiger partial charge < -0.3 is 9.80 Å². The second-order valence-corrected chi connectivity index (χ2v) is 23.6. The first-order valence-corrected chi connectivity index (χ1v) is 33.4. The van der Waals surface area contributed by atoms with Gasteiger partial charge in [0, 0.05) is 57.0 Å². The summed E-state index contributed by atoms with van der Waals surface area (Å²) in [5.41, 5.74) is 0.361. The van der Waals surface area contributed by atoms with Gasteiger partial charge >= 0.3 is 0 Å². The number of carbonyl (C=O) groups is 2. The van der Waals surface area contributed by atoms with E-state index in [2.05, 4.69) is 42.4 Å². The van der Waals surface area contributed by atoms with E-state index in [1.165, 1.54) is 308 Å². The fourth-order valence-electron chi connectivity index (χ4n) is 11.7. The summed E-state index contributed by atoms with van der Waals surface area (Å²) >= 11 is 6.44. The summed E-state index contributed by atoms with van der Waals surface area (Å²) in [5.74, 6) is 1.64. The Morgan fingerprint density at radius 2 is 0.620 bits per heavy atom. The number of alkyl halides is 1. The van der Waals surface area contributed by atoms with E-state index in [0.717, 1.165) is 64.2 Å². The lowest BCUT2D eigenvalue weighted by Gasteiger charge is -2.53. The monoisotopic (exact) mass is 1020 g/mol. The molecule has 1 atom stereocenters. The van der Waals surface area contributed by atoms with Crippen LogP contribution >= 0.6 is 11.6 Å². The quantitative estimate of drug-likeness (QED) is 0.0450. The van der Waals surface area contributed by atoms with Crippen molar-refractivity contribution in [1.82, 2.24) is 14.7 Å². The van der Waals surface area contributed by atoms with Gasteiger partial charge in [0.05, 0.1) is 0 Å². The highest BCUT2D eigenvalue weighted by molar-refractivity contribution is 6.17. The van der Waals surface area contributed by atoms with Crippen molar-refractivity contribution in [3.63, 3.8) is 0 Å². The van der Waals surface area contributed by atoms with E-state index in [1.807, 2.05) is 0 Å². The van der Waals surface area contributed by atoms with Crippen molar-refractivity contribution in [3.05, 3.63) is 0 Å². The van der Waals surface area contributed by atoms with Gasteiger partial charge in [0.25, 0.3) is 0 Å². The Morgan fingerprint density at radius 1 is 0.352 bits per heavy atom. The number of nitrogens with zero attached hydrogens (tertiary/aromatic N) is 3. The van der Waals surface area contributed by atoms with E-state index in [9.17, 15) is 9.59 Å². The lowest BCUT2D eigenvalue weighted by Crippen LogP contribution is -2.60. The van der Waals surface area contributed by atoms with Gasteiger partial charge in [0.15, 0.2) is 0 Å². The number of halogens is 1. The standard InChI is InChI=1S/C65H128ClN3O2/c1-5-9-13-17-21-30-38-46-57-67(58-47-39-31-22-18-14-10-6-2)63(70)51-43-35-27-25-29-37-45-53-65(54-56-66)55-62-69(65)61-50-42-34-26-28-36-44-52-64(71)68(59-48-40-32-23-19-15-11-7-3)60-49-41-33-24-20-16-12-8-4/h5-62H2,1-4H3. The summed E-state index contributed by atoms with van der Waals surface area (Å²) < 4.78 is 0. The second-order valence-electron chi connectivity index (χ2n) is 23.3. The van der Waals surface area contributed by atoms with Crippen LogP contribution in [0.1, 0.15) is 355 Å². The van der Waals surface area contributed by atoms with Crippen LogP contribution in [0, 0.1) is 0 Å². The highest BCUT2D eigenvalue weighted by atomic mass is 35.5. The maximum absolute atomic E-state index is 13.4. The van der Waals surface area contributed by atoms with Crippen LogP contribution < -0.4 is 0 Å². The number of unbranched alkanes of at least 4 members (excludes halogenated alkanes) is 40. The van der Waals surface area contributed by atoms with Crippen molar-refractivity contribution < 1.29 is 9.59 Å². The third kappa shape index (κ3) is 40.2. The van der Waals surface area contributed by atoms with Crippen LogP contribution in [0.4, 0.5) is 0 Å². The predicted octanol–water partition coefficient (Wildman–Crippen LogP) is 20.9. The molecule has 0 aromatic heterocycles. The molecule has 2 amide bonds. The van der Waals surface area contributed by atoms with Crippen LogP contribution in [0.5, 0.6) is 0 Å². The van der Waals surface area contributed by atoms with Crippen LogP contribution in [0.25, 0.3) is 0 Å². The molecule has 1 saturated heterocycles. The van der Waals surface area contributed by atoms with Gasteiger partial charge in [-0.1, -0.05) is 278 Å². The average Bonchev–Trinajstić information content (AvgIpc) is 3.37. The zero-order chi connectivity index (χ0) is 51.4. The number of hydrogen-bond acceptors (Lipinski definition) is 3. The van der Waals surface area contributed by atoms with Crippen molar-refractivity contribution in [2.75, 3.05) is 45.1 Å². The molecule has 1 rings (SSSR count). The first-order chi connectivity index (χ1) is 35.0. The minimum absolute atomic E-state index is 0.361. The van der Waals surface area contributed by atoms with Gasteiger partial charge in [-0.3, -0.25) is 14.5 Å². The molecule has 422 valence electrons. The van der Waals surface area contributed by atoms with E-state index >= 15 is 0 Å². The largest absolute Gasteiger partial charge is 0.343 e. The smallest absolute Gasteiger partial charge is 0.222 e. The Hall–Kier alpha value is -0.810. The molecule has 0 radical (unpaired) electrons. The van der Waals surface area contributed by atoms with Gasteiger partial charge in [-0.2, -0.15) is 0 Å². The molecule has 1 aliphatic heterocycles. The first kappa shape index (κ1) is 68.2. The van der Waals surface area contributed by atoms with Crippen molar-refractivity contribution in [2.45, 2.75) is 361 Å². The van der Waals surface area contributed by atoms with E-state index in [-0.39, 0.29) is 0 Å². The van der Waals surface area contributed by atoms with E-state index in [0.29, 0.717) is 17.4 Å². The Balaban J connectivity index is 2.27. The van der Waals surface area contributed by atoms with E-state index < -0.39 is 0 Å². The number of likely N-dealkylation sites (tertiary alicyclic amines) is 1. The van der Waals surface area contributed by atoms with E-state index in [4.69, 9.17) is 11.6 Å². The van der Waals surface area contributed by atoms with Crippen molar-refractivity contribution in [2.24, 2.45) is 0 Å². The maximum atomic E-state index is 13.4. The Bertz CT molecular complexity index is 1080. The molecule has 0 saturated carbocycles. The van der Waals surface area contributed by atoms with Crippen LogP contribution in [-0.2, 0) is 9.59 Å². The van der Waals surface area contributed by atoms with Crippen LogP contribution in [0.15, 0.2) is 0 Å². The van der Waals surface area contributed by atoms with Crippen LogP contribution in [0.2, 0.25) is 0 Å². The fourth-order valence-corrected chi connectivity index (χ4v) is 12.0. The molecule has 0 aromatic rings. The van der Waals surface area contributed by atoms with Crippen LogP contribution in [-0.4, -0.2) is 77.2 Å². The first-order valence-electron chi connectivity index (χ1n) is 32.8. The molecule has 1 fully saturated rings. The SMILES string of the molecule is CCCCCCCCCCN(CCCCCCCCCC)C(=O)CCCCCCCCCN1CCC1(CCCl)CCCCCCCCCC(=O)N(CCCCCCCCCC)CCCCCCCCCC. The summed E-state index contributed by atoms with van der Waals surface area (Å²) in [7, 11) is 0. The minimum atomic E-state index is 0.361. The third-order valence-corrected chi connectivity index (χ3v) is 16.9. The molecule has 0 aromatic carbocycles. The summed E-state index contributed by atoms with van der Waals surface area (Å²) in [6.07, 6.45) is 65.5. The molecule has 1 heterocycles. The second kappa shape index (κ2) is 52.6. The lowest BCUT2D eigenvalue weighted by molar-refractivity contribution is -0.132. The molecular weight excluding hydrogens is 890 g/mol. The Kier molecular flexibility index (Phi) is 50.6. The molecule has 0 spiro atoms. The van der Waals surface area contributed by atoms with Crippen LogP contribution in [0.3, 0.4) is 0 Å². The third-order valence-electron chi connectivity index (χ3n) is 16.8. The van der Waals surface area contributed by atoms with Crippen molar-refractivity contribution >= 4 is 23.4 Å². The summed E-state index contributed by atoms with van der Waals surface area (Å²) in [6, 6.07) is 0. The predicted molar refractivity (Wildman–Crippen MR) is 316 cm³/mol. The van der Waals surface area contributed by atoms with Crippen molar-refractivity contribution in [1.29, 1.82) is 0 Å². The highest BCUT2D eigenvalue weighted by Crippen LogP contribution is 2.39. The lowest BCUT2D eigenvalue weighted by atomic mass is 9.77. The normalized spacial score (nSPS) is 14.9. The van der Waals surface area contributed by atoms with Gasteiger partial charge in [-0.25, -0.2) is 0 Å². The molecule has 1 aliphatic rings. The Labute approximate surface area is 451 Å². The van der Waals surface area contributed by atoms with Gasteiger partial charge in [0.1, 0.15) is 0 Å². The minimum Gasteiger partial charge on any atom is -0.343 e. The van der Waals surface area contributed by atoms with Gasteiger partial charge in [-0.15, -0.1) is 11.6 Å². The number of carbonyl (C=O) groups excluding carboxylic acids is 2. The van der Waals surface area contributed by atoms with E-state index in [1.54, 1.807) is 0 Å². The van der Waals surface area contributed by atoms with Gasteiger partial charge in [0.2, 0.25) is 11.8 Å². The molecule has 71 heavy (non-hydrogen) atoms. The topological polar surface area (TPSA) is 43.9 Å². The maximum Gasteiger partial charge on any atom is 0.222 e. The zero-order valence-electron chi connectivity index (χ0n) is 49.0. The molecule has 6 heteroatoms. The zero-order valence-corrected chi connectivity index (χ0v) is 49.8. The molecule has 5 nitrogen and oxygen atoms in total. The number of hydrogen-bond donors (Lipinski definition) is 0. The fraction of sp³-hybridized carbons (Fsp3) is 0.969. The molecule has 0 bridgehead atoms. The van der Waals surface area contributed by atoms with Gasteiger partial charge in [-0.05, 0) is 70.8 Å². The average molecular weight is 1020 g/mol. The molecule has 0 N–H and O–H groups in total.